The minimum atomic E-state index is -0.953. The summed E-state index contributed by atoms with van der Waals surface area (Å²) in [4.78, 5) is 10.8. The molecule has 1 N–H and O–H groups in total. The zero-order valence-electron chi connectivity index (χ0n) is 11.8. The Hall–Kier alpha value is -1.09. The van der Waals surface area contributed by atoms with Crippen molar-refractivity contribution in [1.29, 1.82) is 0 Å². The minimum absolute atomic E-state index is 0.389. The van der Waals surface area contributed by atoms with E-state index in [2.05, 4.69) is 27.7 Å². The number of carbonyl (C=O) groups is 1. The highest BCUT2D eigenvalue weighted by atomic mass is 28.3. The maximum absolute atomic E-state index is 10.8. The first-order valence-corrected chi connectivity index (χ1v) is 8.94. The van der Waals surface area contributed by atoms with Crippen LogP contribution in [0.3, 0.4) is 0 Å². The molecule has 0 radical (unpaired) electrons. The summed E-state index contributed by atoms with van der Waals surface area (Å²) in [5.41, 5.74) is 0.389. The molecule has 0 spiro atoms. The normalized spacial score (nSPS) is 11.5. The molecular weight excluding hydrogens is 240 g/mol. The fourth-order valence-electron chi connectivity index (χ4n) is 2.40. The van der Waals surface area contributed by atoms with Gasteiger partial charge in [-0.3, -0.25) is 0 Å². The van der Waals surface area contributed by atoms with E-state index in [0.717, 1.165) is 11.8 Å². The summed E-state index contributed by atoms with van der Waals surface area (Å²) in [6, 6.07) is 10.2. The van der Waals surface area contributed by atoms with Gasteiger partial charge in [-0.1, -0.05) is 57.1 Å². The number of aromatic carboxylic acids is 1. The number of hydrogen-bond acceptors (Lipinski definition) is 1. The summed E-state index contributed by atoms with van der Waals surface area (Å²) >= 11 is 0. The smallest absolute Gasteiger partial charge is 0.335 e. The average Bonchev–Trinajstić information content (AvgIpc) is 2.27. The lowest BCUT2D eigenvalue weighted by molar-refractivity contribution is 0.0697. The summed E-state index contributed by atoms with van der Waals surface area (Å²) in [6.07, 6.45) is 0. The van der Waals surface area contributed by atoms with Crippen molar-refractivity contribution in [3.05, 3.63) is 29.8 Å². The molecule has 3 heteroatoms. The molecule has 1 aromatic carbocycles. The Morgan fingerprint density at radius 1 is 1.06 bits per heavy atom. The highest BCUT2D eigenvalue weighted by Crippen LogP contribution is 2.15. The van der Waals surface area contributed by atoms with Gasteiger partial charge in [0.15, 0.2) is 0 Å². The first kappa shape index (κ1) is 15.0. The van der Waals surface area contributed by atoms with Gasteiger partial charge in [0.25, 0.3) is 0 Å². The SMILES string of the molecule is CC(C)C[SiH](CC(C)C)c1ccc(C(=O)O)cc1. The molecule has 0 saturated heterocycles. The maximum Gasteiger partial charge on any atom is 0.335 e. The highest BCUT2D eigenvalue weighted by molar-refractivity contribution is 6.73. The van der Waals surface area contributed by atoms with Crippen molar-refractivity contribution in [1.82, 2.24) is 0 Å². The molecule has 0 atom stereocenters. The standard InChI is InChI=1S/C15H24O2Si/c1-11(2)9-18(10-12(3)4)14-7-5-13(6-8-14)15(16)17/h5-8,11-12,18H,9-10H2,1-4H3,(H,16,17). The van der Waals surface area contributed by atoms with Crippen molar-refractivity contribution in [2.75, 3.05) is 0 Å². The molecule has 1 rings (SSSR count). The number of carboxylic acid groups (broad SMARTS) is 1. The van der Waals surface area contributed by atoms with E-state index in [-0.39, 0.29) is 0 Å². The fourth-order valence-corrected chi connectivity index (χ4v) is 6.15. The van der Waals surface area contributed by atoms with Crippen LogP contribution < -0.4 is 5.19 Å². The van der Waals surface area contributed by atoms with E-state index in [9.17, 15) is 4.79 Å². The van der Waals surface area contributed by atoms with E-state index in [1.807, 2.05) is 12.1 Å². The zero-order chi connectivity index (χ0) is 13.7. The second-order valence-corrected chi connectivity index (χ2v) is 8.89. The van der Waals surface area contributed by atoms with E-state index in [4.69, 9.17) is 5.11 Å². The Kier molecular flexibility index (Phi) is 5.60. The molecule has 0 aromatic heterocycles. The molecule has 0 fully saturated rings. The number of carboxylic acids is 1. The van der Waals surface area contributed by atoms with Gasteiger partial charge in [-0.25, -0.2) is 4.79 Å². The van der Waals surface area contributed by atoms with Gasteiger partial charge in [0.05, 0.1) is 14.4 Å². The Bertz CT molecular complexity index is 372. The lowest BCUT2D eigenvalue weighted by Gasteiger charge is -2.20. The zero-order valence-corrected chi connectivity index (χ0v) is 13.0. The van der Waals surface area contributed by atoms with Crippen molar-refractivity contribution in [3.8, 4) is 0 Å². The summed E-state index contributed by atoms with van der Waals surface area (Å²) in [5, 5.41) is 10.3. The summed E-state index contributed by atoms with van der Waals surface area (Å²) < 4.78 is 0. The van der Waals surface area contributed by atoms with Crippen molar-refractivity contribution in [2.45, 2.75) is 39.8 Å². The van der Waals surface area contributed by atoms with E-state index in [0.29, 0.717) is 5.56 Å². The average molecular weight is 264 g/mol. The number of hydrogen-bond donors (Lipinski definition) is 1. The van der Waals surface area contributed by atoms with Gasteiger partial charge < -0.3 is 5.11 Å². The molecule has 18 heavy (non-hydrogen) atoms. The largest absolute Gasteiger partial charge is 0.478 e. The Morgan fingerprint density at radius 2 is 1.50 bits per heavy atom. The van der Waals surface area contributed by atoms with Crippen LogP contribution in [0.1, 0.15) is 38.1 Å². The van der Waals surface area contributed by atoms with Crippen molar-refractivity contribution < 1.29 is 9.90 Å². The van der Waals surface area contributed by atoms with Crippen molar-refractivity contribution >= 4 is 20.0 Å². The van der Waals surface area contributed by atoms with E-state index < -0.39 is 14.8 Å². The van der Waals surface area contributed by atoms with Gasteiger partial charge in [-0.05, 0) is 24.0 Å². The molecule has 2 nitrogen and oxygen atoms in total. The molecule has 0 aliphatic carbocycles. The Balaban J connectivity index is 2.87. The maximum atomic E-state index is 10.8. The molecule has 0 unspecified atom stereocenters. The summed E-state index contributed by atoms with van der Waals surface area (Å²) in [7, 11) is -0.953. The second kappa shape index (κ2) is 6.74. The molecule has 100 valence electrons. The van der Waals surface area contributed by atoms with Crippen LogP contribution in [-0.2, 0) is 0 Å². The first-order valence-electron chi connectivity index (χ1n) is 6.73. The first-order chi connectivity index (χ1) is 8.40. The van der Waals surface area contributed by atoms with Gasteiger partial charge in [0.1, 0.15) is 0 Å². The molecule has 0 aliphatic rings. The van der Waals surface area contributed by atoms with Crippen LogP contribution in [0, 0.1) is 11.8 Å². The Labute approximate surface area is 112 Å². The van der Waals surface area contributed by atoms with Gasteiger partial charge in [0.2, 0.25) is 0 Å². The van der Waals surface area contributed by atoms with E-state index in [1.165, 1.54) is 17.3 Å². The third kappa shape index (κ3) is 4.65. The molecule has 0 heterocycles. The van der Waals surface area contributed by atoms with Crippen molar-refractivity contribution in [3.63, 3.8) is 0 Å². The fraction of sp³-hybridized carbons (Fsp3) is 0.533. The number of benzene rings is 1. The van der Waals surface area contributed by atoms with Gasteiger partial charge >= 0.3 is 5.97 Å². The molecule has 0 amide bonds. The second-order valence-electron chi connectivity index (χ2n) is 5.88. The molecular formula is C15H24O2Si. The predicted octanol–water partition coefficient (Wildman–Crippen LogP) is 3.13. The summed E-state index contributed by atoms with van der Waals surface area (Å²) in [5.74, 6) is 0.603. The third-order valence-electron chi connectivity index (χ3n) is 3.14. The highest BCUT2D eigenvalue weighted by Gasteiger charge is 2.17. The lowest BCUT2D eigenvalue weighted by Crippen LogP contribution is -2.32. The van der Waals surface area contributed by atoms with Crippen LogP contribution in [0.15, 0.2) is 24.3 Å². The lowest BCUT2D eigenvalue weighted by atomic mass is 10.2. The van der Waals surface area contributed by atoms with Crippen LogP contribution in [0.4, 0.5) is 0 Å². The van der Waals surface area contributed by atoms with Crippen LogP contribution in [0.5, 0.6) is 0 Å². The van der Waals surface area contributed by atoms with Crippen LogP contribution in [0.25, 0.3) is 0 Å². The van der Waals surface area contributed by atoms with E-state index in [1.54, 1.807) is 12.1 Å². The third-order valence-corrected chi connectivity index (χ3v) is 7.49. The topological polar surface area (TPSA) is 37.3 Å². The van der Waals surface area contributed by atoms with Crippen molar-refractivity contribution in [2.24, 2.45) is 11.8 Å². The quantitative estimate of drug-likeness (QED) is 0.802. The molecule has 0 aliphatic heterocycles. The van der Waals surface area contributed by atoms with Crippen LogP contribution in [0.2, 0.25) is 12.1 Å². The summed E-state index contributed by atoms with van der Waals surface area (Å²) in [6.45, 7) is 9.08. The predicted molar refractivity (Wildman–Crippen MR) is 79.5 cm³/mol. The Morgan fingerprint density at radius 3 is 1.83 bits per heavy atom. The van der Waals surface area contributed by atoms with Gasteiger partial charge in [-0.2, -0.15) is 0 Å². The van der Waals surface area contributed by atoms with Gasteiger partial charge in [-0.15, -0.1) is 0 Å². The number of rotatable bonds is 6. The molecule has 0 saturated carbocycles. The van der Waals surface area contributed by atoms with Crippen LogP contribution in [-0.4, -0.2) is 19.9 Å². The van der Waals surface area contributed by atoms with Gasteiger partial charge in [0, 0.05) is 0 Å². The molecule has 0 bridgehead atoms. The minimum Gasteiger partial charge on any atom is -0.478 e. The van der Waals surface area contributed by atoms with Crippen LogP contribution >= 0.6 is 0 Å². The van der Waals surface area contributed by atoms with E-state index >= 15 is 0 Å². The monoisotopic (exact) mass is 264 g/mol. The molecule has 1 aromatic rings.